The molecule has 4 aromatic carbocycles. The molecular formula is C76H90Cl2N4O16. The van der Waals surface area contributed by atoms with Gasteiger partial charge in [0.15, 0.2) is 23.1 Å². The average Bonchev–Trinajstić information content (AvgIpc) is 1.57. The standard InChI is InChI=1S/2C19H22ClNO4.2C19H23NO4/c2*1-11-9-13(20)10-12(2)14(11)15-16(22)18(21-17(15)23)3-5-19(6-4-18)24-7-8-25-19;2*1-12-4-3-5-13(2)14(12)15-16(21)18(20-17(15)22)6-8-19(9-7-18)23-10-11-24-19/h2*9-10,22H,3-8H2,1-2H3,(H,21,23);2*3-5,21H,6-11H2,1-2H3,(H,20,22). The number of carbonyl (C=O) groups excluding carboxylic acids is 4. The third kappa shape index (κ3) is 12.3. The SMILES string of the molecule is Cc1cc(Cl)cc(C)c1C1=C(O)C2(CCC3(CC2)OCCO3)NC1=O.Cc1cc(Cl)cc(C)c1C1=C(O)C2(CCC3(CC2)OCCO3)NC1=O.Cc1cccc(C)c1C1=C(O)C2(CCC3(CC2)OCCO3)NC1=O.Cc1cccc(C)c1C1=C(O)C2(CCC3(CC2)OCCO3)NC1=O. The number of aliphatic hydroxyl groups is 4. The maximum Gasteiger partial charge on any atom is 0.256 e. The van der Waals surface area contributed by atoms with Gasteiger partial charge in [0, 0.05) is 61.4 Å². The van der Waals surface area contributed by atoms with Crippen LogP contribution in [0.15, 0.2) is 83.7 Å². The molecule has 16 rings (SSSR count). The molecule has 0 radical (unpaired) electrons. The first kappa shape index (κ1) is 69.7. The molecule has 4 saturated heterocycles. The molecule has 0 atom stereocenters. The van der Waals surface area contributed by atoms with Crippen molar-refractivity contribution >= 4 is 69.1 Å². The highest BCUT2D eigenvalue weighted by Crippen LogP contribution is 2.52. The van der Waals surface area contributed by atoms with E-state index in [0.29, 0.717) is 188 Å². The van der Waals surface area contributed by atoms with Gasteiger partial charge < -0.3 is 79.6 Å². The Morgan fingerprint density at radius 2 is 0.469 bits per heavy atom. The van der Waals surface area contributed by atoms with Crippen LogP contribution in [-0.4, -0.2) is 142 Å². The molecule has 98 heavy (non-hydrogen) atoms. The number of nitrogens with one attached hydrogen (secondary N) is 4. The smallest absolute Gasteiger partial charge is 0.256 e. The van der Waals surface area contributed by atoms with Crippen LogP contribution in [-0.2, 0) is 57.1 Å². The third-order valence-corrected chi connectivity index (χ3v) is 23.2. The number of hydrogen-bond acceptors (Lipinski definition) is 16. The molecule has 8 fully saturated rings. The van der Waals surface area contributed by atoms with E-state index in [1.807, 2.05) is 116 Å². The summed E-state index contributed by atoms with van der Waals surface area (Å²) in [6, 6.07) is 19.1. The van der Waals surface area contributed by atoms with Crippen LogP contribution in [0.4, 0.5) is 0 Å². The Kier molecular flexibility index (Phi) is 18.7. The van der Waals surface area contributed by atoms with Gasteiger partial charge in [-0.05, 0) is 198 Å². The minimum atomic E-state index is -0.717. The highest BCUT2D eigenvalue weighted by atomic mass is 35.5. The summed E-state index contributed by atoms with van der Waals surface area (Å²) < 4.78 is 46.1. The van der Waals surface area contributed by atoms with E-state index >= 15 is 0 Å². The molecule has 4 saturated carbocycles. The second-order valence-electron chi connectivity index (χ2n) is 28.8. The average molecular weight is 1390 g/mol. The first-order chi connectivity index (χ1) is 46.6. The normalized spacial score (nSPS) is 24.6. The van der Waals surface area contributed by atoms with Gasteiger partial charge in [-0.25, -0.2) is 0 Å². The van der Waals surface area contributed by atoms with Gasteiger partial charge in [-0.1, -0.05) is 59.6 Å². The zero-order valence-corrected chi connectivity index (χ0v) is 58.7. The minimum absolute atomic E-state index is 0.138. The number of carbonyl (C=O) groups is 4. The number of benzene rings is 4. The Morgan fingerprint density at radius 3 is 0.653 bits per heavy atom. The summed E-state index contributed by atoms with van der Waals surface area (Å²) in [4.78, 5) is 50.8. The van der Waals surface area contributed by atoms with E-state index < -0.39 is 45.3 Å². The molecule has 4 aliphatic carbocycles. The quantitative estimate of drug-likeness (QED) is 0.0943. The Labute approximate surface area is 581 Å². The monoisotopic (exact) mass is 1380 g/mol. The van der Waals surface area contributed by atoms with Crippen molar-refractivity contribution in [1.29, 1.82) is 0 Å². The predicted octanol–water partition coefficient (Wildman–Crippen LogP) is 12.3. The van der Waals surface area contributed by atoms with Crippen molar-refractivity contribution < 1.29 is 77.5 Å². The molecule has 4 amide bonds. The molecule has 0 unspecified atom stereocenters. The van der Waals surface area contributed by atoms with E-state index in [4.69, 9.17) is 61.1 Å². The number of amides is 4. The van der Waals surface area contributed by atoms with E-state index in [2.05, 4.69) is 21.3 Å². The van der Waals surface area contributed by atoms with Crippen molar-refractivity contribution in [2.75, 3.05) is 52.9 Å². The molecule has 524 valence electrons. The highest BCUT2D eigenvalue weighted by molar-refractivity contribution is 6.32. The zero-order valence-electron chi connectivity index (χ0n) is 57.2. The van der Waals surface area contributed by atoms with E-state index in [9.17, 15) is 39.6 Å². The van der Waals surface area contributed by atoms with Gasteiger partial charge in [-0.3, -0.25) is 19.2 Å². The van der Waals surface area contributed by atoms with Crippen molar-refractivity contribution in [3.63, 3.8) is 0 Å². The summed E-state index contributed by atoms with van der Waals surface area (Å²) in [5.74, 6) is -2.30. The van der Waals surface area contributed by atoms with E-state index in [1.165, 1.54) is 0 Å². The highest BCUT2D eigenvalue weighted by Gasteiger charge is 2.58. The van der Waals surface area contributed by atoms with Crippen LogP contribution in [0.5, 0.6) is 0 Å². The Morgan fingerprint density at radius 1 is 0.296 bits per heavy atom. The van der Waals surface area contributed by atoms with Crippen LogP contribution in [0.25, 0.3) is 22.3 Å². The van der Waals surface area contributed by atoms with Crippen molar-refractivity contribution in [3.8, 4) is 0 Å². The van der Waals surface area contributed by atoms with Crippen molar-refractivity contribution in [2.45, 2.75) is 203 Å². The van der Waals surface area contributed by atoms with Crippen LogP contribution in [0, 0.1) is 55.4 Å². The van der Waals surface area contributed by atoms with Crippen LogP contribution in [0.3, 0.4) is 0 Å². The molecule has 8 aliphatic heterocycles. The number of aryl methyl sites for hydroxylation is 8. The second-order valence-corrected chi connectivity index (χ2v) is 29.7. The minimum Gasteiger partial charge on any atom is -0.509 e. The Bertz CT molecular complexity index is 3670. The third-order valence-electron chi connectivity index (χ3n) is 22.8. The predicted molar refractivity (Wildman–Crippen MR) is 368 cm³/mol. The lowest BCUT2D eigenvalue weighted by Crippen LogP contribution is -2.51. The number of halogens is 2. The summed E-state index contributed by atoms with van der Waals surface area (Å²) in [6.45, 7) is 20.4. The fraction of sp³-hybridized carbons (Fsp3) is 0.526. The summed E-state index contributed by atoms with van der Waals surface area (Å²) in [5, 5.41) is 57.4. The maximum atomic E-state index is 12.7. The largest absolute Gasteiger partial charge is 0.509 e. The van der Waals surface area contributed by atoms with Gasteiger partial charge in [-0.15, -0.1) is 0 Å². The summed E-state index contributed by atoms with van der Waals surface area (Å²) >= 11 is 12.2. The molecular weight excluding hydrogens is 1300 g/mol. The van der Waals surface area contributed by atoms with Gasteiger partial charge in [-0.2, -0.15) is 0 Å². The van der Waals surface area contributed by atoms with E-state index in [1.54, 1.807) is 0 Å². The number of ether oxygens (including phenoxy) is 8. The van der Waals surface area contributed by atoms with Gasteiger partial charge in [0.25, 0.3) is 23.6 Å². The lowest BCUT2D eigenvalue weighted by atomic mass is 9.77. The Balaban J connectivity index is 0.000000118. The topological polar surface area (TPSA) is 271 Å². The van der Waals surface area contributed by atoms with Crippen LogP contribution in [0.2, 0.25) is 10.0 Å². The first-order valence-electron chi connectivity index (χ1n) is 34.5. The first-order valence-corrected chi connectivity index (χ1v) is 35.2. The number of aliphatic hydroxyl groups excluding tert-OH is 4. The van der Waals surface area contributed by atoms with Crippen LogP contribution >= 0.6 is 23.2 Å². The summed E-state index contributed by atoms with van der Waals surface area (Å²) in [7, 11) is 0. The molecule has 8 spiro atoms. The lowest BCUT2D eigenvalue weighted by Gasteiger charge is -2.41. The van der Waals surface area contributed by atoms with Crippen molar-refractivity contribution in [1.82, 2.24) is 21.3 Å². The number of rotatable bonds is 4. The fourth-order valence-corrected chi connectivity index (χ4v) is 18.2. The molecule has 12 aliphatic rings. The zero-order chi connectivity index (χ0) is 69.5. The molecule has 20 nitrogen and oxygen atoms in total. The van der Waals surface area contributed by atoms with Crippen LogP contribution < -0.4 is 21.3 Å². The fourth-order valence-electron chi connectivity index (χ4n) is 17.5. The molecule has 0 bridgehead atoms. The maximum absolute atomic E-state index is 12.7. The molecule has 0 aromatic heterocycles. The Hall–Kier alpha value is -6.82. The van der Waals surface area contributed by atoms with Crippen LogP contribution in [0.1, 0.15) is 169 Å². The molecule has 22 heteroatoms. The summed E-state index contributed by atoms with van der Waals surface area (Å²) in [5.41, 5.74) is 9.56. The molecule has 8 N–H and O–H groups in total. The second kappa shape index (κ2) is 26.3. The molecule has 4 aromatic rings. The number of hydrogen-bond donors (Lipinski definition) is 8. The van der Waals surface area contributed by atoms with Crippen molar-refractivity contribution in [3.05, 3.63) is 161 Å². The van der Waals surface area contributed by atoms with E-state index in [-0.39, 0.29) is 46.7 Å². The van der Waals surface area contributed by atoms with Gasteiger partial charge in [0.1, 0.15) is 23.0 Å². The van der Waals surface area contributed by atoms with E-state index in [0.717, 1.165) is 66.8 Å². The lowest BCUT2D eigenvalue weighted by molar-refractivity contribution is -0.185. The van der Waals surface area contributed by atoms with Crippen molar-refractivity contribution in [2.24, 2.45) is 0 Å². The van der Waals surface area contributed by atoms with Gasteiger partial charge in [0.2, 0.25) is 0 Å². The van der Waals surface area contributed by atoms with Gasteiger partial charge >= 0.3 is 0 Å². The van der Waals surface area contributed by atoms with Gasteiger partial charge in [0.05, 0.1) is 97.3 Å². The molecule has 8 heterocycles. The summed E-state index contributed by atoms with van der Waals surface area (Å²) in [6.07, 6.45) is 10.2.